The number of nitrogens with zero attached hydrogens (tertiary/aromatic N) is 3. The lowest BCUT2D eigenvalue weighted by Crippen LogP contribution is -2.47. The monoisotopic (exact) mass is 367 g/mol. The third-order valence-electron chi connectivity index (χ3n) is 4.42. The predicted octanol–water partition coefficient (Wildman–Crippen LogP) is 2.07. The first-order valence-electron chi connectivity index (χ1n) is 7.98. The molecule has 3 heterocycles. The van der Waals surface area contributed by atoms with Crippen molar-refractivity contribution in [1.29, 1.82) is 0 Å². The van der Waals surface area contributed by atoms with E-state index in [0.717, 1.165) is 10.4 Å². The van der Waals surface area contributed by atoms with Crippen LogP contribution in [-0.2, 0) is 21.2 Å². The fourth-order valence-electron chi connectivity index (χ4n) is 2.98. The maximum Gasteiger partial charge on any atom is 0.231 e. The van der Waals surface area contributed by atoms with E-state index in [1.807, 2.05) is 37.6 Å². The van der Waals surface area contributed by atoms with Crippen LogP contribution in [0.5, 0.6) is 0 Å². The smallest absolute Gasteiger partial charge is 0.231 e. The summed E-state index contributed by atoms with van der Waals surface area (Å²) in [5, 5.41) is 6.18. The highest BCUT2D eigenvalue weighted by Gasteiger charge is 2.37. The maximum atomic E-state index is 13.0. The summed E-state index contributed by atoms with van der Waals surface area (Å²) in [6, 6.07) is 3.41. The van der Waals surface area contributed by atoms with Gasteiger partial charge < -0.3 is 4.90 Å². The van der Waals surface area contributed by atoms with Gasteiger partial charge in [0.25, 0.3) is 0 Å². The Morgan fingerprint density at radius 3 is 2.92 bits per heavy atom. The molecule has 130 valence electrons. The van der Waals surface area contributed by atoms with Crippen LogP contribution in [0.1, 0.15) is 36.2 Å². The molecular formula is C16H21N3O3S2. The molecule has 6 nitrogen and oxygen atoms in total. The first kappa shape index (κ1) is 17.2. The molecule has 0 N–H and O–H groups in total. The van der Waals surface area contributed by atoms with Crippen molar-refractivity contribution >= 4 is 27.1 Å². The molecule has 1 aliphatic heterocycles. The topological polar surface area (TPSA) is 72.3 Å². The van der Waals surface area contributed by atoms with Gasteiger partial charge in [0.15, 0.2) is 9.84 Å². The molecule has 0 aromatic carbocycles. The zero-order chi connectivity index (χ0) is 17.3. The van der Waals surface area contributed by atoms with Crippen LogP contribution in [0.25, 0.3) is 0 Å². The average molecular weight is 367 g/mol. The number of hydrogen-bond donors (Lipinski definition) is 0. The van der Waals surface area contributed by atoms with Crippen LogP contribution in [0.2, 0.25) is 0 Å². The van der Waals surface area contributed by atoms with Gasteiger partial charge in [0.2, 0.25) is 5.91 Å². The molecule has 2 aromatic rings. The molecular weight excluding hydrogens is 346 g/mol. The normalized spacial score (nSPS) is 21.6. The van der Waals surface area contributed by atoms with Crippen LogP contribution in [-0.4, -0.2) is 47.1 Å². The Morgan fingerprint density at radius 2 is 2.29 bits per heavy atom. The minimum Gasteiger partial charge on any atom is -0.333 e. The third kappa shape index (κ3) is 3.39. The molecule has 24 heavy (non-hydrogen) atoms. The first-order chi connectivity index (χ1) is 11.4. The number of rotatable bonds is 4. The molecule has 1 amide bonds. The molecule has 0 unspecified atom stereocenters. The second kappa shape index (κ2) is 6.68. The van der Waals surface area contributed by atoms with E-state index in [4.69, 9.17) is 0 Å². The van der Waals surface area contributed by atoms with Crippen molar-refractivity contribution in [2.24, 2.45) is 0 Å². The summed E-state index contributed by atoms with van der Waals surface area (Å²) in [5.74, 6) is -0.310. The fourth-order valence-corrected chi connectivity index (χ4v) is 5.25. The van der Waals surface area contributed by atoms with E-state index in [0.29, 0.717) is 6.54 Å². The lowest BCUT2D eigenvalue weighted by molar-refractivity contribution is -0.134. The second-order valence-electron chi connectivity index (χ2n) is 6.03. The summed E-state index contributed by atoms with van der Waals surface area (Å²) in [4.78, 5) is 15.7. The summed E-state index contributed by atoms with van der Waals surface area (Å²) in [6.07, 6.45) is 3.51. The number of thiophene rings is 1. The minimum atomic E-state index is -3.15. The molecule has 0 spiro atoms. The van der Waals surface area contributed by atoms with Gasteiger partial charge in [-0.2, -0.15) is 5.10 Å². The van der Waals surface area contributed by atoms with Crippen LogP contribution >= 0.6 is 11.3 Å². The Morgan fingerprint density at radius 1 is 1.50 bits per heavy atom. The summed E-state index contributed by atoms with van der Waals surface area (Å²) in [6.45, 7) is 4.79. The fraction of sp³-hybridized carbons (Fsp3) is 0.500. The molecule has 0 saturated carbocycles. The number of amides is 1. The Balaban J connectivity index is 1.90. The standard InChI is InChI=1S/C16H21N3O3S2/c1-3-18-10-13(9-17-18)14-11-24(21,22)8-6-19(14)16(20)12(2)15-5-4-7-23-15/h4-5,7,9-10,12,14H,3,6,8,11H2,1-2H3/t12-,14-/m1/s1. The quantitative estimate of drug-likeness (QED) is 0.829. The molecule has 8 heteroatoms. The van der Waals surface area contributed by atoms with Crippen molar-refractivity contribution in [3.05, 3.63) is 40.3 Å². The summed E-state index contributed by atoms with van der Waals surface area (Å²) >= 11 is 1.55. The second-order valence-corrected chi connectivity index (χ2v) is 9.24. The number of carbonyl (C=O) groups excluding carboxylic acids is 1. The van der Waals surface area contributed by atoms with Crippen molar-refractivity contribution in [2.45, 2.75) is 32.4 Å². The molecule has 2 aromatic heterocycles. The molecule has 1 aliphatic rings. The largest absolute Gasteiger partial charge is 0.333 e. The number of aromatic nitrogens is 2. The van der Waals surface area contributed by atoms with Gasteiger partial charge in [0, 0.05) is 29.7 Å². The number of carbonyl (C=O) groups is 1. The van der Waals surface area contributed by atoms with Gasteiger partial charge in [0.05, 0.1) is 29.7 Å². The van der Waals surface area contributed by atoms with Gasteiger partial charge in [-0.3, -0.25) is 9.48 Å². The van der Waals surface area contributed by atoms with Crippen LogP contribution in [0, 0.1) is 0 Å². The zero-order valence-corrected chi connectivity index (χ0v) is 15.4. The van der Waals surface area contributed by atoms with E-state index < -0.39 is 15.9 Å². The molecule has 0 bridgehead atoms. The van der Waals surface area contributed by atoms with Crippen molar-refractivity contribution in [3.8, 4) is 0 Å². The molecule has 1 fully saturated rings. The highest BCUT2D eigenvalue weighted by molar-refractivity contribution is 7.91. The predicted molar refractivity (Wildman–Crippen MR) is 93.7 cm³/mol. The van der Waals surface area contributed by atoms with Gasteiger partial charge in [-0.15, -0.1) is 11.3 Å². The molecule has 1 saturated heterocycles. The highest BCUT2D eigenvalue weighted by Crippen LogP contribution is 2.31. The molecule has 2 atom stereocenters. The SMILES string of the molecule is CCn1cc([C@H]2CS(=O)(=O)CCN2C(=O)[C@H](C)c2cccs2)cn1. The Bertz CT molecular complexity index is 812. The van der Waals surface area contributed by atoms with Gasteiger partial charge >= 0.3 is 0 Å². The van der Waals surface area contributed by atoms with Crippen LogP contribution < -0.4 is 0 Å². The van der Waals surface area contributed by atoms with Crippen molar-refractivity contribution < 1.29 is 13.2 Å². The van der Waals surface area contributed by atoms with Crippen molar-refractivity contribution in [2.75, 3.05) is 18.1 Å². The molecule has 0 aliphatic carbocycles. The van der Waals surface area contributed by atoms with E-state index in [9.17, 15) is 13.2 Å². The van der Waals surface area contributed by atoms with Crippen molar-refractivity contribution in [3.63, 3.8) is 0 Å². The van der Waals surface area contributed by atoms with Gasteiger partial charge in [-0.05, 0) is 25.3 Å². The van der Waals surface area contributed by atoms with Crippen LogP contribution in [0.15, 0.2) is 29.9 Å². The minimum absolute atomic E-state index is 0.0221. The van der Waals surface area contributed by atoms with Crippen molar-refractivity contribution in [1.82, 2.24) is 14.7 Å². The summed E-state index contributed by atoms with van der Waals surface area (Å²) < 4.78 is 26.0. The Labute approximate surface area is 146 Å². The van der Waals surface area contributed by atoms with Crippen LogP contribution in [0.4, 0.5) is 0 Å². The van der Waals surface area contributed by atoms with E-state index in [2.05, 4.69) is 5.10 Å². The van der Waals surface area contributed by atoms with E-state index in [1.54, 1.807) is 27.1 Å². The lowest BCUT2D eigenvalue weighted by Gasteiger charge is -2.36. The van der Waals surface area contributed by atoms with Crippen LogP contribution in [0.3, 0.4) is 0 Å². The highest BCUT2D eigenvalue weighted by atomic mass is 32.2. The lowest BCUT2D eigenvalue weighted by atomic mass is 10.0. The first-order valence-corrected chi connectivity index (χ1v) is 10.7. The third-order valence-corrected chi connectivity index (χ3v) is 7.10. The van der Waals surface area contributed by atoms with Gasteiger partial charge in [-0.1, -0.05) is 6.07 Å². The van der Waals surface area contributed by atoms with E-state index >= 15 is 0 Å². The number of aryl methyl sites for hydroxylation is 1. The Hall–Kier alpha value is -1.67. The maximum absolute atomic E-state index is 13.0. The summed E-state index contributed by atoms with van der Waals surface area (Å²) in [7, 11) is -3.15. The van der Waals surface area contributed by atoms with E-state index in [-0.39, 0.29) is 29.9 Å². The average Bonchev–Trinajstić information content (AvgIpc) is 3.24. The van der Waals surface area contributed by atoms with Gasteiger partial charge in [-0.25, -0.2) is 8.42 Å². The Kier molecular flexibility index (Phi) is 4.78. The molecule has 0 radical (unpaired) electrons. The number of hydrogen-bond acceptors (Lipinski definition) is 5. The number of sulfone groups is 1. The summed E-state index contributed by atoms with van der Waals surface area (Å²) in [5.41, 5.74) is 0.784. The van der Waals surface area contributed by atoms with E-state index in [1.165, 1.54) is 0 Å². The van der Waals surface area contributed by atoms with Gasteiger partial charge in [0.1, 0.15) is 0 Å². The zero-order valence-electron chi connectivity index (χ0n) is 13.8. The molecule has 3 rings (SSSR count).